The van der Waals surface area contributed by atoms with Gasteiger partial charge in [0.1, 0.15) is 0 Å². The molecule has 0 spiro atoms. The van der Waals surface area contributed by atoms with Crippen LogP contribution < -0.4 is 10.2 Å². The van der Waals surface area contributed by atoms with Gasteiger partial charge in [-0.05, 0) is 23.8 Å². The maximum Gasteiger partial charge on any atom is 0.249 e. The van der Waals surface area contributed by atoms with Crippen LogP contribution in [0.5, 0.6) is 0 Å². The molecule has 7 heteroatoms. The fourth-order valence-electron chi connectivity index (χ4n) is 3.27. The first-order valence-corrected chi connectivity index (χ1v) is 9.28. The summed E-state index contributed by atoms with van der Waals surface area (Å²) in [7, 11) is 0. The molecule has 1 saturated heterocycles. The van der Waals surface area contributed by atoms with Crippen LogP contribution in [-0.4, -0.2) is 46.3 Å². The molecule has 1 fully saturated rings. The van der Waals surface area contributed by atoms with Crippen LogP contribution in [0.15, 0.2) is 60.8 Å². The second-order valence-corrected chi connectivity index (χ2v) is 6.70. The Morgan fingerprint density at radius 1 is 1.00 bits per heavy atom. The van der Waals surface area contributed by atoms with Crippen molar-refractivity contribution in [3.05, 3.63) is 71.9 Å². The number of nitrogens with one attached hydrogen (secondary N) is 1. The minimum atomic E-state index is 0.430. The first-order chi connectivity index (χ1) is 13.8. The number of anilines is 3. The van der Waals surface area contributed by atoms with Gasteiger partial charge >= 0.3 is 0 Å². The van der Waals surface area contributed by atoms with Gasteiger partial charge in [-0.25, -0.2) is 0 Å². The Morgan fingerprint density at radius 3 is 2.61 bits per heavy atom. The van der Waals surface area contributed by atoms with E-state index in [4.69, 9.17) is 5.26 Å². The molecule has 0 bridgehead atoms. The maximum atomic E-state index is 9.02. The number of nitriles is 1. The van der Waals surface area contributed by atoms with E-state index >= 15 is 0 Å². The van der Waals surface area contributed by atoms with Gasteiger partial charge < -0.3 is 10.2 Å². The second kappa shape index (κ2) is 8.46. The largest absolute Gasteiger partial charge is 0.353 e. The number of aromatic nitrogens is 3. The van der Waals surface area contributed by atoms with Crippen molar-refractivity contribution in [3.8, 4) is 6.07 Å². The van der Waals surface area contributed by atoms with E-state index in [-0.39, 0.29) is 0 Å². The van der Waals surface area contributed by atoms with Crippen molar-refractivity contribution in [3.63, 3.8) is 0 Å². The molecule has 2 aromatic carbocycles. The molecule has 4 rings (SSSR count). The summed E-state index contributed by atoms with van der Waals surface area (Å²) >= 11 is 0. The van der Waals surface area contributed by atoms with Gasteiger partial charge in [0, 0.05) is 38.4 Å². The Hall–Kier alpha value is -3.50. The molecule has 0 saturated carbocycles. The number of rotatable bonds is 5. The highest BCUT2D eigenvalue weighted by atomic mass is 15.3. The molecule has 0 atom stereocenters. The summed E-state index contributed by atoms with van der Waals surface area (Å²) in [5.41, 5.74) is 2.69. The quantitative estimate of drug-likeness (QED) is 0.738. The SMILES string of the molecule is N#Cc1cccc(Nc2nncc(N3CCN(Cc4ccccc4)CC3)n2)c1. The van der Waals surface area contributed by atoms with Crippen LogP contribution in [0.2, 0.25) is 0 Å². The number of hydrogen-bond donors (Lipinski definition) is 1. The monoisotopic (exact) mass is 371 g/mol. The van der Waals surface area contributed by atoms with Crippen LogP contribution in [0, 0.1) is 11.3 Å². The standard InChI is InChI=1S/C21H21N7/c22-14-18-7-4-8-19(13-18)24-21-25-20(15-23-26-21)28-11-9-27(10-12-28)16-17-5-2-1-3-6-17/h1-8,13,15H,9-12,16H2,(H,24,25,26). The summed E-state index contributed by atoms with van der Waals surface area (Å²) < 4.78 is 0. The molecule has 1 aliphatic rings. The van der Waals surface area contributed by atoms with E-state index in [1.807, 2.05) is 18.2 Å². The molecule has 140 valence electrons. The summed E-state index contributed by atoms with van der Waals surface area (Å²) in [6.45, 7) is 4.72. The topological polar surface area (TPSA) is 81.0 Å². The number of hydrogen-bond acceptors (Lipinski definition) is 7. The van der Waals surface area contributed by atoms with Gasteiger partial charge in [0.05, 0.1) is 17.8 Å². The van der Waals surface area contributed by atoms with Crippen molar-refractivity contribution in [2.45, 2.75) is 6.54 Å². The molecule has 0 radical (unpaired) electrons. The minimum absolute atomic E-state index is 0.430. The Balaban J connectivity index is 1.38. The highest BCUT2D eigenvalue weighted by molar-refractivity contribution is 5.57. The van der Waals surface area contributed by atoms with E-state index in [0.29, 0.717) is 11.5 Å². The predicted octanol–water partition coefficient (Wildman–Crippen LogP) is 2.81. The minimum Gasteiger partial charge on any atom is -0.353 e. The molecule has 1 N–H and O–H groups in total. The molecular formula is C21H21N7. The van der Waals surface area contributed by atoms with E-state index < -0.39 is 0 Å². The van der Waals surface area contributed by atoms with Crippen molar-refractivity contribution in [1.29, 1.82) is 5.26 Å². The van der Waals surface area contributed by atoms with Gasteiger partial charge in [0.25, 0.3) is 0 Å². The van der Waals surface area contributed by atoms with Crippen LogP contribution in [0.3, 0.4) is 0 Å². The molecule has 0 amide bonds. The van der Waals surface area contributed by atoms with Crippen LogP contribution in [0.4, 0.5) is 17.5 Å². The number of nitrogens with zero attached hydrogens (tertiary/aromatic N) is 6. The molecule has 7 nitrogen and oxygen atoms in total. The van der Waals surface area contributed by atoms with Crippen molar-refractivity contribution < 1.29 is 0 Å². The Morgan fingerprint density at radius 2 is 1.82 bits per heavy atom. The lowest BCUT2D eigenvalue weighted by molar-refractivity contribution is 0.249. The van der Waals surface area contributed by atoms with Crippen LogP contribution >= 0.6 is 0 Å². The number of piperazine rings is 1. The van der Waals surface area contributed by atoms with Gasteiger partial charge in [-0.3, -0.25) is 4.90 Å². The summed E-state index contributed by atoms with van der Waals surface area (Å²) in [5, 5.41) is 20.3. The maximum absolute atomic E-state index is 9.02. The fraction of sp³-hybridized carbons (Fsp3) is 0.238. The van der Waals surface area contributed by atoms with E-state index in [0.717, 1.165) is 44.2 Å². The average Bonchev–Trinajstić information content (AvgIpc) is 2.75. The summed E-state index contributed by atoms with van der Waals surface area (Å²) in [6, 6.07) is 19.9. The molecule has 28 heavy (non-hydrogen) atoms. The van der Waals surface area contributed by atoms with Crippen LogP contribution in [0.25, 0.3) is 0 Å². The third-order valence-electron chi connectivity index (χ3n) is 4.74. The lowest BCUT2D eigenvalue weighted by atomic mass is 10.2. The lowest BCUT2D eigenvalue weighted by Crippen LogP contribution is -2.46. The van der Waals surface area contributed by atoms with Crippen molar-refractivity contribution in [2.75, 3.05) is 36.4 Å². The van der Waals surface area contributed by atoms with Gasteiger partial charge in [-0.2, -0.15) is 15.3 Å². The summed E-state index contributed by atoms with van der Waals surface area (Å²) in [5.74, 6) is 1.24. The molecule has 3 aromatic rings. The summed E-state index contributed by atoms with van der Waals surface area (Å²) in [6.07, 6.45) is 1.70. The van der Waals surface area contributed by atoms with Gasteiger partial charge in [0.15, 0.2) is 5.82 Å². The van der Waals surface area contributed by atoms with Gasteiger partial charge in [-0.1, -0.05) is 36.4 Å². The zero-order valence-corrected chi connectivity index (χ0v) is 15.5. The molecular weight excluding hydrogens is 350 g/mol. The van der Waals surface area contributed by atoms with E-state index in [2.05, 4.69) is 60.6 Å². The Kier molecular flexibility index (Phi) is 5.41. The first kappa shape index (κ1) is 17.9. The molecule has 0 aliphatic carbocycles. The third kappa shape index (κ3) is 4.42. The highest BCUT2D eigenvalue weighted by Gasteiger charge is 2.19. The van der Waals surface area contributed by atoms with Crippen molar-refractivity contribution >= 4 is 17.5 Å². The molecule has 0 unspecified atom stereocenters. The van der Waals surface area contributed by atoms with Crippen LogP contribution in [-0.2, 0) is 6.54 Å². The zero-order chi connectivity index (χ0) is 19.2. The second-order valence-electron chi connectivity index (χ2n) is 6.70. The number of benzene rings is 2. The summed E-state index contributed by atoms with van der Waals surface area (Å²) in [4.78, 5) is 9.28. The Labute approximate surface area is 164 Å². The Bertz CT molecular complexity index is 960. The fourth-order valence-corrected chi connectivity index (χ4v) is 3.27. The average molecular weight is 371 g/mol. The van der Waals surface area contributed by atoms with Crippen molar-refractivity contribution in [2.24, 2.45) is 0 Å². The smallest absolute Gasteiger partial charge is 0.249 e. The first-order valence-electron chi connectivity index (χ1n) is 9.28. The molecule has 2 heterocycles. The zero-order valence-electron chi connectivity index (χ0n) is 15.5. The third-order valence-corrected chi connectivity index (χ3v) is 4.74. The van der Waals surface area contributed by atoms with E-state index in [9.17, 15) is 0 Å². The van der Waals surface area contributed by atoms with Crippen molar-refractivity contribution in [1.82, 2.24) is 20.1 Å². The van der Waals surface area contributed by atoms with E-state index in [1.165, 1.54) is 5.56 Å². The molecule has 1 aromatic heterocycles. The molecule has 1 aliphatic heterocycles. The van der Waals surface area contributed by atoms with Crippen LogP contribution in [0.1, 0.15) is 11.1 Å². The van der Waals surface area contributed by atoms with E-state index in [1.54, 1.807) is 18.3 Å². The lowest BCUT2D eigenvalue weighted by Gasteiger charge is -2.35. The normalized spacial score (nSPS) is 14.5. The van der Waals surface area contributed by atoms with Gasteiger partial charge in [0.2, 0.25) is 5.95 Å². The predicted molar refractivity (Wildman–Crippen MR) is 108 cm³/mol. The highest BCUT2D eigenvalue weighted by Crippen LogP contribution is 2.18. The van der Waals surface area contributed by atoms with Gasteiger partial charge in [-0.15, -0.1) is 5.10 Å².